The van der Waals surface area contributed by atoms with Crippen LogP contribution in [0.3, 0.4) is 0 Å². The van der Waals surface area contributed by atoms with Crippen molar-refractivity contribution in [3.8, 4) is 0 Å². The van der Waals surface area contributed by atoms with Crippen LogP contribution in [0.15, 0.2) is 6.07 Å². The maximum Gasteiger partial charge on any atom is 0.169 e. The summed E-state index contributed by atoms with van der Waals surface area (Å²) in [5.41, 5.74) is 12.1. The molecule has 0 aliphatic heterocycles. The number of hydrogen-bond acceptors (Lipinski definition) is 3. The lowest BCUT2D eigenvalue weighted by molar-refractivity contribution is 0.342. The molecule has 5 heteroatoms. The lowest BCUT2D eigenvalue weighted by Gasteiger charge is -2.26. The molecule has 0 bridgehead atoms. The number of rotatable bonds is 7. The Morgan fingerprint density at radius 2 is 1.90 bits per heavy atom. The summed E-state index contributed by atoms with van der Waals surface area (Å²) in [6.07, 6.45) is 4.66. The molecule has 0 aliphatic rings. The van der Waals surface area contributed by atoms with Crippen molar-refractivity contribution in [2.75, 3.05) is 23.3 Å². The lowest BCUT2D eigenvalue weighted by Crippen LogP contribution is -2.24. The van der Waals surface area contributed by atoms with Crippen LogP contribution in [0.2, 0.25) is 5.02 Å². The first-order valence-corrected chi connectivity index (χ1v) is 7.43. The first-order chi connectivity index (χ1) is 9.28. The van der Waals surface area contributed by atoms with Crippen molar-refractivity contribution >= 4 is 28.7 Å². The molecule has 0 saturated carbocycles. The highest BCUT2D eigenvalue weighted by atomic mass is 35.5. The molecule has 0 heterocycles. The highest BCUT2D eigenvalue weighted by Crippen LogP contribution is 2.34. The third kappa shape index (κ3) is 4.44. The fourth-order valence-electron chi connectivity index (χ4n) is 2.12. The number of unbranched alkanes of at least 4 members (excludes halogenated alkanes) is 2. The second-order valence-electron chi connectivity index (χ2n) is 6.03. The lowest BCUT2D eigenvalue weighted by atomic mass is 9.87. The molecule has 0 saturated heterocycles. The minimum absolute atomic E-state index is 0.0713. The first kappa shape index (κ1) is 16.9. The molecule has 5 N–H and O–H groups in total. The summed E-state index contributed by atoms with van der Waals surface area (Å²) in [6, 6.07) is 1.48. The largest absolute Gasteiger partial charge is 0.397 e. The maximum absolute atomic E-state index is 14.1. The molecule has 0 aliphatic carbocycles. The molecule has 0 unspecified atom stereocenters. The summed E-state index contributed by atoms with van der Waals surface area (Å²) in [5.74, 6) is -0.575. The second kappa shape index (κ2) is 7.02. The van der Waals surface area contributed by atoms with Gasteiger partial charge in [0.25, 0.3) is 0 Å². The van der Waals surface area contributed by atoms with E-state index < -0.39 is 5.82 Å². The van der Waals surface area contributed by atoms with Gasteiger partial charge in [0.15, 0.2) is 5.82 Å². The van der Waals surface area contributed by atoms with Crippen molar-refractivity contribution < 1.29 is 4.39 Å². The monoisotopic (exact) mass is 301 g/mol. The summed E-state index contributed by atoms with van der Waals surface area (Å²) in [4.78, 5) is 0. The maximum atomic E-state index is 14.1. The summed E-state index contributed by atoms with van der Waals surface area (Å²) in [5, 5.41) is 3.00. The summed E-state index contributed by atoms with van der Waals surface area (Å²) >= 11 is 5.81. The van der Waals surface area contributed by atoms with Crippen LogP contribution in [0.1, 0.15) is 46.5 Å². The van der Waals surface area contributed by atoms with Crippen molar-refractivity contribution in [1.29, 1.82) is 0 Å². The fraction of sp³-hybridized carbons (Fsp3) is 0.600. The van der Waals surface area contributed by atoms with Crippen molar-refractivity contribution in [2.45, 2.75) is 46.5 Å². The Kier molecular flexibility index (Phi) is 5.93. The van der Waals surface area contributed by atoms with Gasteiger partial charge in [-0.15, -0.1) is 0 Å². The van der Waals surface area contributed by atoms with Crippen molar-refractivity contribution in [3.05, 3.63) is 16.9 Å². The van der Waals surface area contributed by atoms with E-state index in [9.17, 15) is 4.39 Å². The van der Waals surface area contributed by atoms with Crippen LogP contribution in [0.25, 0.3) is 0 Å². The number of hydrogen-bond donors (Lipinski definition) is 3. The molecule has 114 valence electrons. The minimum atomic E-state index is -0.575. The molecule has 0 atom stereocenters. The van der Waals surface area contributed by atoms with Gasteiger partial charge in [0.1, 0.15) is 5.02 Å². The van der Waals surface area contributed by atoms with Crippen LogP contribution in [-0.4, -0.2) is 6.54 Å². The van der Waals surface area contributed by atoms with Crippen molar-refractivity contribution in [1.82, 2.24) is 0 Å². The van der Waals surface area contributed by atoms with Gasteiger partial charge >= 0.3 is 0 Å². The smallest absolute Gasteiger partial charge is 0.169 e. The average molecular weight is 302 g/mol. The predicted octanol–water partition coefficient (Wildman–Crippen LogP) is 4.66. The van der Waals surface area contributed by atoms with E-state index in [1.807, 2.05) is 0 Å². The van der Waals surface area contributed by atoms with E-state index >= 15 is 0 Å². The summed E-state index contributed by atoms with van der Waals surface area (Å²) in [6.45, 7) is 7.13. The molecule has 20 heavy (non-hydrogen) atoms. The van der Waals surface area contributed by atoms with E-state index in [1.165, 1.54) is 25.3 Å². The van der Waals surface area contributed by atoms with E-state index in [2.05, 4.69) is 26.1 Å². The Balaban J connectivity index is 2.72. The number of nitrogen functional groups attached to an aromatic ring is 2. The Labute approximate surface area is 125 Å². The van der Waals surface area contributed by atoms with Gasteiger partial charge in [-0.2, -0.15) is 0 Å². The molecule has 0 fully saturated rings. The van der Waals surface area contributed by atoms with Gasteiger partial charge in [-0.1, -0.05) is 51.6 Å². The van der Waals surface area contributed by atoms with Gasteiger partial charge in [0.05, 0.1) is 17.1 Å². The van der Waals surface area contributed by atoms with Gasteiger partial charge in [-0.05, 0) is 17.9 Å². The fourth-order valence-corrected chi connectivity index (χ4v) is 2.26. The number of halogens is 2. The Bertz CT molecular complexity index is 461. The van der Waals surface area contributed by atoms with Crippen LogP contribution >= 0.6 is 11.6 Å². The Morgan fingerprint density at radius 1 is 1.25 bits per heavy atom. The van der Waals surface area contributed by atoms with E-state index in [0.29, 0.717) is 6.54 Å². The zero-order valence-corrected chi connectivity index (χ0v) is 13.3. The SMILES string of the molecule is CCCCCC(C)(C)CNc1c(N)cc(N)c(Cl)c1F. The van der Waals surface area contributed by atoms with Crippen LogP contribution in [-0.2, 0) is 0 Å². The highest BCUT2D eigenvalue weighted by molar-refractivity contribution is 6.33. The molecule has 3 nitrogen and oxygen atoms in total. The number of nitrogens with one attached hydrogen (secondary N) is 1. The van der Waals surface area contributed by atoms with Crippen LogP contribution < -0.4 is 16.8 Å². The molecular formula is C15H25ClFN3. The summed E-state index contributed by atoms with van der Waals surface area (Å²) in [7, 11) is 0. The zero-order chi connectivity index (χ0) is 15.3. The number of anilines is 3. The molecule has 1 rings (SSSR count). The Morgan fingerprint density at radius 3 is 2.50 bits per heavy atom. The van der Waals surface area contributed by atoms with Crippen LogP contribution in [0, 0.1) is 11.2 Å². The van der Waals surface area contributed by atoms with E-state index in [-0.39, 0.29) is 27.5 Å². The first-order valence-electron chi connectivity index (χ1n) is 7.05. The minimum Gasteiger partial charge on any atom is -0.397 e. The third-order valence-electron chi connectivity index (χ3n) is 3.47. The second-order valence-corrected chi connectivity index (χ2v) is 6.41. The quantitative estimate of drug-likeness (QED) is 0.507. The van der Waals surface area contributed by atoms with Gasteiger partial charge in [-0.25, -0.2) is 4.39 Å². The van der Waals surface area contributed by atoms with E-state index in [1.54, 1.807) is 0 Å². The zero-order valence-electron chi connectivity index (χ0n) is 12.5. The summed E-state index contributed by atoms with van der Waals surface area (Å²) < 4.78 is 14.1. The molecule has 1 aromatic carbocycles. The Hall–Kier alpha value is -1.16. The average Bonchev–Trinajstić information content (AvgIpc) is 2.36. The topological polar surface area (TPSA) is 64.1 Å². The van der Waals surface area contributed by atoms with Crippen molar-refractivity contribution in [3.63, 3.8) is 0 Å². The van der Waals surface area contributed by atoms with Crippen LogP contribution in [0.5, 0.6) is 0 Å². The number of nitrogens with two attached hydrogens (primary N) is 2. The third-order valence-corrected chi connectivity index (χ3v) is 3.85. The van der Waals surface area contributed by atoms with Gasteiger partial charge in [-0.3, -0.25) is 0 Å². The highest BCUT2D eigenvalue weighted by Gasteiger charge is 2.20. The van der Waals surface area contributed by atoms with E-state index in [0.717, 1.165) is 6.42 Å². The normalized spacial score (nSPS) is 11.7. The van der Waals surface area contributed by atoms with E-state index in [4.69, 9.17) is 23.1 Å². The molecule has 0 aromatic heterocycles. The molecule has 1 aromatic rings. The molecular weight excluding hydrogens is 277 g/mol. The van der Waals surface area contributed by atoms with Gasteiger partial charge in [0, 0.05) is 6.54 Å². The van der Waals surface area contributed by atoms with Gasteiger partial charge in [0.2, 0.25) is 0 Å². The predicted molar refractivity (Wildman–Crippen MR) is 86.6 cm³/mol. The standard InChI is InChI=1S/C15H25ClFN3/c1-4-5-6-7-15(2,3)9-20-14-11(19)8-10(18)12(16)13(14)17/h8,20H,4-7,9,18-19H2,1-3H3. The molecule has 0 radical (unpaired) electrons. The van der Waals surface area contributed by atoms with Crippen LogP contribution in [0.4, 0.5) is 21.5 Å². The molecule has 0 amide bonds. The van der Waals surface area contributed by atoms with Crippen molar-refractivity contribution in [2.24, 2.45) is 5.41 Å². The number of benzene rings is 1. The molecule has 0 spiro atoms. The van der Waals surface area contributed by atoms with Gasteiger partial charge < -0.3 is 16.8 Å².